The standard InChI is InChI=1S/C16H20BNO/c1-15(2)11-17(19-16(15,3)4)13-9-5-7-12-8-6-10-18-14(12)13/h5-10H,11H2,1-4H3. The van der Waals surface area contributed by atoms with Crippen LogP contribution in [0.5, 0.6) is 0 Å². The molecule has 0 bridgehead atoms. The van der Waals surface area contributed by atoms with Gasteiger partial charge in [-0.3, -0.25) is 4.98 Å². The van der Waals surface area contributed by atoms with Crippen molar-refractivity contribution < 1.29 is 4.65 Å². The Hall–Kier alpha value is -1.35. The average Bonchev–Trinajstić information content (AvgIpc) is 2.58. The van der Waals surface area contributed by atoms with E-state index in [9.17, 15) is 0 Å². The summed E-state index contributed by atoms with van der Waals surface area (Å²) >= 11 is 0. The van der Waals surface area contributed by atoms with Crippen molar-refractivity contribution in [3.05, 3.63) is 36.5 Å². The summed E-state index contributed by atoms with van der Waals surface area (Å²) < 4.78 is 6.32. The van der Waals surface area contributed by atoms with Gasteiger partial charge in [0, 0.05) is 6.20 Å². The lowest BCUT2D eigenvalue weighted by Gasteiger charge is -2.34. The van der Waals surface area contributed by atoms with E-state index in [2.05, 4.69) is 56.9 Å². The van der Waals surface area contributed by atoms with E-state index in [4.69, 9.17) is 4.65 Å². The summed E-state index contributed by atoms with van der Waals surface area (Å²) in [6.07, 6.45) is 2.90. The highest BCUT2D eigenvalue weighted by atomic mass is 16.5. The van der Waals surface area contributed by atoms with Gasteiger partial charge in [0.25, 0.3) is 0 Å². The number of hydrogen-bond acceptors (Lipinski definition) is 2. The lowest BCUT2D eigenvalue weighted by Crippen LogP contribution is -2.36. The monoisotopic (exact) mass is 253 g/mol. The minimum atomic E-state index is -0.103. The van der Waals surface area contributed by atoms with Gasteiger partial charge in [0.1, 0.15) is 0 Å². The fourth-order valence-electron chi connectivity index (χ4n) is 2.83. The Labute approximate surface area is 115 Å². The molecule has 0 unspecified atom stereocenters. The van der Waals surface area contributed by atoms with E-state index in [1.165, 1.54) is 10.8 Å². The molecule has 0 N–H and O–H groups in total. The van der Waals surface area contributed by atoms with Crippen LogP contribution in [-0.4, -0.2) is 17.5 Å². The molecule has 1 fully saturated rings. The number of hydrogen-bond donors (Lipinski definition) is 0. The average molecular weight is 253 g/mol. The van der Waals surface area contributed by atoms with Gasteiger partial charge in [-0.25, -0.2) is 0 Å². The molecule has 0 atom stereocenters. The fourth-order valence-corrected chi connectivity index (χ4v) is 2.83. The predicted molar refractivity (Wildman–Crippen MR) is 80.9 cm³/mol. The first-order chi connectivity index (χ1) is 8.91. The topological polar surface area (TPSA) is 22.1 Å². The molecule has 1 saturated heterocycles. The highest BCUT2D eigenvalue weighted by Gasteiger charge is 2.50. The van der Waals surface area contributed by atoms with Crippen molar-refractivity contribution >= 4 is 23.3 Å². The summed E-state index contributed by atoms with van der Waals surface area (Å²) in [6.45, 7) is 9.08. The van der Waals surface area contributed by atoms with Gasteiger partial charge in [-0.05, 0) is 42.5 Å². The van der Waals surface area contributed by atoms with Crippen LogP contribution < -0.4 is 5.46 Å². The molecule has 1 aromatic carbocycles. The molecule has 2 heterocycles. The second kappa shape index (κ2) is 4.07. The van der Waals surface area contributed by atoms with Crippen molar-refractivity contribution in [1.29, 1.82) is 0 Å². The molecule has 0 saturated carbocycles. The van der Waals surface area contributed by atoms with E-state index in [1.54, 1.807) is 0 Å². The fraction of sp³-hybridized carbons (Fsp3) is 0.438. The first-order valence-electron chi connectivity index (χ1n) is 6.92. The normalized spacial score (nSPS) is 20.9. The van der Waals surface area contributed by atoms with Crippen molar-refractivity contribution in [2.24, 2.45) is 5.41 Å². The second-order valence-electron chi connectivity index (χ2n) is 6.63. The number of pyridine rings is 1. The molecule has 98 valence electrons. The van der Waals surface area contributed by atoms with E-state index in [0.717, 1.165) is 11.8 Å². The van der Waals surface area contributed by atoms with E-state index in [0.29, 0.717) is 0 Å². The highest BCUT2D eigenvalue weighted by Crippen LogP contribution is 2.45. The Morgan fingerprint density at radius 3 is 2.53 bits per heavy atom. The van der Waals surface area contributed by atoms with Crippen LogP contribution in [0.3, 0.4) is 0 Å². The zero-order chi connectivity index (χ0) is 13.7. The van der Waals surface area contributed by atoms with E-state index in [-0.39, 0.29) is 17.9 Å². The maximum absolute atomic E-state index is 6.32. The third-order valence-electron chi connectivity index (χ3n) is 4.77. The van der Waals surface area contributed by atoms with E-state index < -0.39 is 0 Å². The first kappa shape index (κ1) is 12.7. The van der Waals surface area contributed by atoms with Crippen LogP contribution in [0.15, 0.2) is 36.5 Å². The summed E-state index contributed by atoms with van der Waals surface area (Å²) in [5.41, 5.74) is 2.36. The lowest BCUT2D eigenvalue weighted by atomic mass is 9.54. The number of benzene rings is 1. The van der Waals surface area contributed by atoms with Crippen LogP contribution in [0.1, 0.15) is 27.7 Å². The van der Waals surface area contributed by atoms with Gasteiger partial charge >= 0.3 is 6.92 Å². The minimum absolute atomic E-state index is 0.103. The zero-order valence-corrected chi connectivity index (χ0v) is 12.1. The number of fused-ring (bicyclic) bond motifs is 1. The van der Waals surface area contributed by atoms with Crippen LogP contribution in [0, 0.1) is 5.41 Å². The van der Waals surface area contributed by atoms with Crippen molar-refractivity contribution in [2.75, 3.05) is 0 Å². The molecule has 0 amide bonds. The Morgan fingerprint density at radius 1 is 1.11 bits per heavy atom. The predicted octanol–water partition coefficient (Wildman–Crippen LogP) is 3.27. The van der Waals surface area contributed by atoms with E-state index >= 15 is 0 Å². The van der Waals surface area contributed by atoms with Gasteiger partial charge in [-0.1, -0.05) is 38.1 Å². The largest absolute Gasteiger partial charge is 0.425 e. The number of nitrogens with zero attached hydrogens (tertiary/aromatic N) is 1. The highest BCUT2D eigenvalue weighted by molar-refractivity contribution is 6.70. The third-order valence-corrected chi connectivity index (χ3v) is 4.77. The third kappa shape index (κ3) is 1.97. The van der Waals surface area contributed by atoms with Crippen LogP contribution in [0.2, 0.25) is 6.32 Å². The molecule has 3 heteroatoms. The molecular weight excluding hydrogens is 233 g/mol. The van der Waals surface area contributed by atoms with Gasteiger partial charge < -0.3 is 4.65 Å². The van der Waals surface area contributed by atoms with Crippen LogP contribution in [-0.2, 0) is 4.65 Å². The smallest absolute Gasteiger partial charge is 0.330 e. The maximum Gasteiger partial charge on any atom is 0.330 e. The van der Waals surface area contributed by atoms with Crippen LogP contribution >= 0.6 is 0 Å². The summed E-state index contributed by atoms with van der Waals surface area (Å²) in [5.74, 6) is 0. The molecule has 2 nitrogen and oxygen atoms in total. The zero-order valence-electron chi connectivity index (χ0n) is 12.1. The summed E-state index contributed by atoms with van der Waals surface area (Å²) in [5, 5.41) is 1.19. The Balaban J connectivity index is 2.08. The van der Waals surface area contributed by atoms with Gasteiger partial charge in [-0.2, -0.15) is 0 Å². The number of rotatable bonds is 1. The van der Waals surface area contributed by atoms with Gasteiger partial charge in [-0.15, -0.1) is 0 Å². The molecule has 19 heavy (non-hydrogen) atoms. The molecule has 2 aromatic rings. The summed E-state index contributed by atoms with van der Waals surface area (Å²) in [7, 11) is 0. The first-order valence-corrected chi connectivity index (χ1v) is 6.92. The van der Waals surface area contributed by atoms with Crippen molar-refractivity contribution in [1.82, 2.24) is 4.98 Å². The van der Waals surface area contributed by atoms with Gasteiger partial charge in [0.2, 0.25) is 0 Å². The molecule has 1 aliphatic heterocycles. The quantitative estimate of drug-likeness (QED) is 0.727. The Kier molecular flexibility index (Phi) is 2.72. The molecule has 3 rings (SSSR count). The molecule has 0 aliphatic carbocycles. The molecule has 1 aromatic heterocycles. The van der Waals surface area contributed by atoms with Crippen LogP contribution in [0.4, 0.5) is 0 Å². The molecule has 1 aliphatic rings. The molecular formula is C16H20BNO. The SMILES string of the molecule is CC1(C)CB(c2cccc3cccnc23)OC1(C)C. The minimum Gasteiger partial charge on any atom is -0.425 e. The van der Waals surface area contributed by atoms with Crippen LogP contribution in [0.25, 0.3) is 10.9 Å². The van der Waals surface area contributed by atoms with Crippen molar-refractivity contribution in [3.63, 3.8) is 0 Å². The number of para-hydroxylation sites is 1. The second-order valence-corrected chi connectivity index (χ2v) is 6.63. The molecule has 0 radical (unpaired) electrons. The summed E-state index contributed by atoms with van der Waals surface area (Å²) in [6, 6.07) is 10.4. The summed E-state index contributed by atoms with van der Waals surface area (Å²) in [4.78, 5) is 4.54. The number of aromatic nitrogens is 1. The van der Waals surface area contributed by atoms with E-state index in [1.807, 2.05) is 12.3 Å². The Bertz CT molecular complexity index is 600. The van der Waals surface area contributed by atoms with Crippen molar-refractivity contribution in [3.8, 4) is 0 Å². The molecule has 0 spiro atoms. The van der Waals surface area contributed by atoms with Gasteiger partial charge in [0.05, 0.1) is 11.1 Å². The lowest BCUT2D eigenvalue weighted by molar-refractivity contribution is 0.0376. The van der Waals surface area contributed by atoms with Crippen molar-refractivity contribution in [2.45, 2.75) is 39.6 Å². The maximum atomic E-state index is 6.32. The Morgan fingerprint density at radius 2 is 1.84 bits per heavy atom. The van der Waals surface area contributed by atoms with Gasteiger partial charge in [0.15, 0.2) is 0 Å².